The molecule has 0 radical (unpaired) electrons. The first kappa shape index (κ1) is 14.7. The van der Waals surface area contributed by atoms with Gasteiger partial charge in [-0.15, -0.1) is 0 Å². The molecular weight excluding hydrogens is 296 g/mol. The van der Waals surface area contributed by atoms with Gasteiger partial charge in [-0.05, 0) is 36.4 Å². The Morgan fingerprint density at radius 2 is 1.65 bits per heavy atom. The first-order valence-electron chi connectivity index (χ1n) is 6.81. The first-order chi connectivity index (χ1) is 11.1. The van der Waals surface area contributed by atoms with Gasteiger partial charge in [-0.25, -0.2) is 13.8 Å². The van der Waals surface area contributed by atoms with Crippen LogP contribution in [0.1, 0.15) is 5.56 Å². The summed E-state index contributed by atoms with van der Waals surface area (Å²) in [6.07, 6.45) is 0. The summed E-state index contributed by atoms with van der Waals surface area (Å²) in [6, 6.07) is 15.4. The molecule has 3 nitrogen and oxygen atoms in total. The van der Waals surface area contributed by atoms with Crippen LogP contribution in [0.4, 0.5) is 14.6 Å². The van der Waals surface area contributed by atoms with Crippen molar-refractivity contribution in [2.24, 2.45) is 0 Å². The van der Waals surface area contributed by atoms with E-state index in [-0.39, 0.29) is 22.8 Å². The second kappa shape index (κ2) is 5.85. The normalized spacial score (nSPS) is 10.3. The Morgan fingerprint density at radius 1 is 0.957 bits per heavy atom. The van der Waals surface area contributed by atoms with E-state index < -0.39 is 5.82 Å². The highest BCUT2D eigenvalue weighted by molar-refractivity contribution is 5.80. The Balaban J connectivity index is 2.25. The van der Waals surface area contributed by atoms with E-state index in [1.807, 2.05) is 6.07 Å². The average molecular weight is 307 g/mol. The van der Waals surface area contributed by atoms with Gasteiger partial charge in [0.15, 0.2) is 0 Å². The largest absolute Gasteiger partial charge is 0.383 e. The minimum atomic E-state index is -0.459. The van der Waals surface area contributed by atoms with Crippen molar-refractivity contribution in [3.63, 3.8) is 0 Å². The van der Waals surface area contributed by atoms with Crippen LogP contribution in [0.15, 0.2) is 54.6 Å². The van der Waals surface area contributed by atoms with Crippen LogP contribution in [-0.4, -0.2) is 4.98 Å². The fraction of sp³-hybridized carbons (Fsp3) is 0. The minimum absolute atomic E-state index is 0.00702. The lowest BCUT2D eigenvalue weighted by Crippen LogP contribution is -2.00. The van der Waals surface area contributed by atoms with Crippen LogP contribution in [-0.2, 0) is 0 Å². The SMILES string of the molecule is N#Cc1c(-c2ccccc2F)cc(-c2ccc(F)cc2)nc1N. The fourth-order valence-electron chi connectivity index (χ4n) is 2.34. The van der Waals surface area contributed by atoms with Gasteiger partial charge in [0.1, 0.15) is 29.1 Å². The summed E-state index contributed by atoms with van der Waals surface area (Å²) in [5.74, 6) is -0.822. The molecule has 2 N–H and O–H groups in total. The van der Waals surface area contributed by atoms with Gasteiger partial charge in [0.25, 0.3) is 0 Å². The van der Waals surface area contributed by atoms with Gasteiger partial charge in [0, 0.05) is 16.7 Å². The second-order valence-corrected chi connectivity index (χ2v) is 4.91. The maximum atomic E-state index is 14.1. The third kappa shape index (κ3) is 2.74. The average Bonchev–Trinajstić information content (AvgIpc) is 2.55. The van der Waals surface area contributed by atoms with Crippen LogP contribution in [0.5, 0.6) is 0 Å². The fourth-order valence-corrected chi connectivity index (χ4v) is 2.34. The number of hydrogen-bond donors (Lipinski definition) is 1. The molecule has 3 aromatic rings. The Hall–Kier alpha value is -3.26. The van der Waals surface area contributed by atoms with E-state index in [1.165, 1.54) is 18.2 Å². The standard InChI is InChI=1S/C18H11F2N3/c19-12-7-5-11(6-8-12)17-9-14(15(10-21)18(22)23-17)13-3-1-2-4-16(13)20/h1-9H,(H2,22,23). The third-order valence-electron chi connectivity index (χ3n) is 3.46. The van der Waals surface area contributed by atoms with E-state index in [2.05, 4.69) is 4.98 Å². The van der Waals surface area contributed by atoms with Gasteiger partial charge in [-0.1, -0.05) is 18.2 Å². The van der Waals surface area contributed by atoms with Crippen LogP contribution in [0.25, 0.3) is 22.4 Å². The van der Waals surface area contributed by atoms with E-state index in [1.54, 1.807) is 36.4 Å². The Morgan fingerprint density at radius 3 is 2.30 bits per heavy atom. The molecule has 0 aliphatic heterocycles. The first-order valence-corrected chi connectivity index (χ1v) is 6.81. The highest BCUT2D eigenvalue weighted by atomic mass is 19.1. The molecule has 23 heavy (non-hydrogen) atoms. The summed E-state index contributed by atoms with van der Waals surface area (Å²) < 4.78 is 27.2. The Labute approximate surface area is 131 Å². The zero-order chi connectivity index (χ0) is 16.4. The highest BCUT2D eigenvalue weighted by Crippen LogP contribution is 2.32. The summed E-state index contributed by atoms with van der Waals surface area (Å²) in [5.41, 5.74) is 7.66. The molecule has 0 unspecified atom stereocenters. The van der Waals surface area contributed by atoms with Crippen LogP contribution >= 0.6 is 0 Å². The molecule has 0 saturated heterocycles. The van der Waals surface area contributed by atoms with Crippen molar-refractivity contribution >= 4 is 5.82 Å². The smallest absolute Gasteiger partial charge is 0.142 e. The lowest BCUT2D eigenvalue weighted by molar-refractivity contribution is 0.628. The maximum Gasteiger partial charge on any atom is 0.142 e. The number of nitrogen functional groups attached to an aromatic ring is 1. The Kier molecular flexibility index (Phi) is 3.73. The third-order valence-corrected chi connectivity index (χ3v) is 3.46. The molecule has 0 aliphatic rings. The summed E-state index contributed by atoms with van der Waals surface area (Å²) in [7, 11) is 0. The van der Waals surface area contributed by atoms with Gasteiger partial charge < -0.3 is 5.73 Å². The quantitative estimate of drug-likeness (QED) is 0.773. The molecule has 2 aromatic carbocycles. The molecule has 112 valence electrons. The molecule has 0 spiro atoms. The van der Waals surface area contributed by atoms with Gasteiger partial charge in [-0.3, -0.25) is 0 Å². The number of benzene rings is 2. The minimum Gasteiger partial charge on any atom is -0.383 e. The maximum absolute atomic E-state index is 14.1. The van der Waals surface area contributed by atoms with E-state index in [0.29, 0.717) is 16.8 Å². The highest BCUT2D eigenvalue weighted by Gasteiger charge is 2.15. The van der Waals surface area contributed by atoms with Crippen molar-refractivity contribution in [3.8, 4) is 28.5 Å². The zero-order valence-corrected chi connectivity index (χ0v) is 11.9. The van der Waals surface area contributed by atoms with E-state index >= 15 is 0 Å². The lowest BCUT2D eigenvalue weighted by Gasteiger charge is -2.11. The number of hydrogen-bond acceptors (Lipinski definition) is 3. The summed E-state index contributed by atoms with van der Waals surface area (Å²) in [6.45, 7) is 0. The number of pyridine rings is 1. The summed E-state index contributed by atoms with van der Waals surface area (Å²) in [5, 5.41) is 9.31. The molecule has 3 rings (SSSR count). The van der Waals surface area contributed by atoms with Crippen molar-refractivity contribution in [3.05, 3.63) is 71.8 Å². The van der Waals surface area contributed by atoms with E-state index in [4.69, 9.17) is 5.73 Å². The van der Waals surface area contributed by atoms with Gasteiger partial charge in [-0.2, -0.15) is 5.26 Å². The van der Waals surface area contributed by atoms with E-state index in [0.717, 1.165) is 0 Å². The molecule has 0 saturated carbocycles. The van der Waals surface area contributed by atoms with Gasteiger partial charge in [0.2, 0.25) is 0 Å². The van der Waals surface area contributed by atoms with Crippen molar-refractivity contribution in [2.75, 3.05) is 5.73 Å². The number of nitrogens with two attached hydrogens (primary N) is 1. The van der Waals surface area contributed by atoms with Crippen LogP contribution in [0.3, 0.4) is 0 Å². The van der Waals surface area contributed by atoms with Crippen LogP contribution in [0.2, 0.25) is 0 Å². The molecule has 0 atom stereocenters. The number of halogens is 2. The number of anilines is 1. The topological polar surface area (TPSA) is 62.7 Å². The molecule has 1 heterocycles. The molecule has 5 heteroatoms. The Bertz CT molecular complexity index is 913. The predicted molar refractivity (Wildman–Crippen MR) is 84.2 cm³/mol. The second-order valence-electron chi connectivity index (χ2n) is 4.91. The molecule has 1 aromatic heterocycles. The molecule has 0 fully saturated rings. The summed E-state index contributed by atoms with van der Waals surface area (Å²) in [4.78, 5) is 4.17. The van der Waals surface area contributed by atoms with Crippen LogP contribution in [0, 0.1) is 23.0 Å². The number of rotatable bonds is 2. The van der Waals surface area contributed by atoms with Gasteiger partial charge in [0.05, 0.1) is 5.69 Å². The monoisotopic (exact) mass is 307 g/mol. The van der Waals surface area contributed by atoms with Crippen molar-refractivity contribution in [2.45, 2.75) is 0 Å². The zero-order valence-electron chi connectivity index (χ0n) is 11.9. The van der Waals surface area contributed by atoms with Crippen molar-refractivity contribution in [1.29, 1.82) is 5.26 Å². The molecule has 0 bridgehead atoms. The number of nitrogens with zero attached hydrogens (tertiary/aromatic N) is 2. The van der Waals surface area contributed by atoms with Crippen LogP contribution < -0.4 is 5.73 Å². The number of nitriles is 1. The number of aromatic nitrogens is 1. The molecular formula is C18H11F2N3. The lowest BCUT2D eigenvalue weighted by atomic mass is 9.98. The summed E-state index contributed by atoms with van der Waals surface area (Å²) >= 11 is 0. The predicted octanol–water partition coefficient (Wildman–Crippen LogP) is 4.15. The molecule has 0 aliphatic carbocycles. The van der Waals surface area contributed by atoms with Crippen molar-refractivity contribution in [1.82, 2.24) is 4.98 Å². The van der Waals surface area contributed by atoms with Crippen molar-refractivity contribution < 1.29 is 8.78 Å². The van der Waals surface area contributed by atoms with E-state index in [9.17, 15) is 14.0 Å². The van der Waals surface area contributed by atoms with Gasteiger partial charge >= 0.3 is 0 Å². The molecule has 0 amide bonds.